The summed E-state index contributed by atoms with van der Waals surface area (Å²) in [6.45, 7) is 5.00. The number of nitrogens with two attached hydrogens (primary N) is 1. The zero-order valence-electron chi connectivity index (χ0n) is 9.32. The molecule has 0 unspecified atom stereocenters. The van der Waals surface area contributed by atoms with Crippen molar-refractivity contribution in [3.05, 3.63) is 33.8 Å². The largest absolute Gasteiger partial charge is 0.396 e. The van der Waals surface area contributed by atoms with Gasteiger partial charge in [-0.1, -0.05) is 0 Å². The van der Waals surface area contributed by atoms with Crippen molar-refractivity contribution >= 4 is 23.0 Å². The van der Waals surface area contributed by atoms with Gasteiger partial charge in [0.05, 0.1) is 24.6 Å². The summed E-state index contributed by atoms with van der Waals surface area (Å²) >= 11 is 1.79. The molecule has 5 heteroatoms. The highest BCUT2D eigenvalue weighted by Crippen LogP contribution is 2.21. The molecule has 3 N–H and O–H groups in total. The zero-order chi connectivity index (χ0) is 11.5. The summed E-state index contributed by atoms with van der Waals surface area (Å²) < 4.78 is 0. The van der Waals surface area contributed by atoms with E-state index in [-0.39, 0.29) is 0 Å². The van der Waals surface area contributed by atoms with Gasteiger partial charge in [-0.3, -0.25) is 0 Å². The maximum Gasteiger partial charge on any atom is 0.223 e. The lowest BCUT2D eigenvalue weighted by Gasteiger charge is -2.02. The minimum absolute atomic E-state index is 0.577. The summed E-state index contributed by atoms with van der Waals surface area (Å²) in [7, 11) is 0. The van der Waals surface area contributed by atoms with E-state index in [1.54, 1.807) is 23.7 Å². The topological polar surface area (TPSA) is 63.8 Å². The van der Waals surface area contributed by atoms with Crippen molar-refractivity contribution < 1.29 is 0 Å². The summed E-state index contributed by atoms with van der Waals surface area (Å²) in [5.74, 6) is 0.609. The molecular formula is C11H14N4S. The Hall–Kier alpha value is -1.62. The van der Waals surface area contributed by atoms with Crippen LogP contribution in [0.2, 0.25) is 0 Å². The van der Waals surface area contributed by atoms with Crippen LogP contribution in [0.1, 0.15) is 15.3 Å². The number of nitrogen functional groups attached to an aromatic ring is 1. The van der Waals surface area contributed by atoms with Gasteiger partial charge < -0.3 is 11.1 Å². The van der Waals surface area contributed by atoms with Gasteiger partial charge in [0, 0.05) is 9.75 Å². The highest BCUT2D eigenvalue weighted by molar-refractivity contribution is 7.12. The van der Waals surface area contributed by atoms with E-state index >= 15 is 0 Å². The molecule has 0 bridgehead atoms. The number of anilines is 2. The van der Waals surface area contributed by atoms with Gasteiger partial charge in [0.2, 0.25) is 5.95 Å². The fourth-order valence-corrected chi connectivity index (χ4v) is 2.33. The molecule has 0 aliphatic carbocycles. The smallest absolute Gasteiger partial charge is 0.223 e. The van der Waals surface area contributed by atoms with Crippen LogP contribution in [0.5, 0.6) is 0 Å². The quantitative estimate of drug-likeness (QED) is 0.855. The second kappa shape index (κ2) is 4.49. The van der Waals surface area contributed by atoms with Crippen LogP contribution >= 0.6 is 11.3 Å². The van der Waals surface area contributed by atoms with Crippen LogP contribution in [0.15, 0.2) is 18.5 Å². The van der Waals surface area contributed by atoms with E-state index in [9.17, 15) is 0 Å². The minimum atomic E-state index is 0.577. The fraction of sp³-hybridized carbons (Fsp3) is 0.273. The molecule has 2 rings (SSSR count). The van der Waals surface area contributed by atoms with Crippen LogP contribution in [0.3, 0.4) is 0 Å². The molecule has 0 aromatic carbocycles. The summed E-state index contributed by atoms with van der Waals surface area (Å²) in [4.78, 5) is 10.8. The van der Waals surface area contributed by atoms with Crippen molar-refractivity contribution in [3.63, 3.8) is 0 Å². The Morgan fingerprint density at radius 1 is 1.31 bits per heavy atom. The summed E-state index contributed by atoms with van der Waals surface area (Å²) in [6, 6.07) is 2.18. The van der Waals surface area contributed by atoms with Gasteiger partial charge in [0.15, 0.2) is 0 Å². The fourth-order valence-electron chi connectivity index (χ4n) is 1.33. The second-order valence-electron chi connectivity index (χ2n) is 3.65. The molecule has 0 amide bonds. The Kier molecular flexibility index (Phi) is 3.05. The van der Waals surface area contributed by atoms with Crippen LogP contribution in [0, 0.1) is 13.8 Å². The molecule has 0 radical (unpaired) electrons. The first-order valence-corrected chi connectivity index (χ1v) is 5.84. The molecule has 0 saturated carbocycles. The summed E-state index contributed by atoms with van der Waals surface area (Å²) in [5, 5.41) is 3.16. The van der Waals surface area contributed by atoms with E-state index in [0.29, 0.717) is 11.6 Å². The average Bonchev–Trinajstić information content (AvgIpc) is 2.58. The van der Waals surface area contributed by atoms with E-state index in [2.05, 4.69) is 35.2 Å². The third kappa shape index (κ3) is 2.49. The molecule has 0 aliphatic heterocycles. The molecule has 2 aromatic rings. The van der Waals surface area contributed by atoms with Crippen LogP contribution in [0.25, 0.3) is 0 Å². The van der Waals surface area contributed by atoms with E-state index in [4.69, 9.17) is 5.73 Å². The zero-order valence-corrected chi connectivity index (χ0v) is 10.1. The standard InChI is InChI=1S/C11H14N4S/c1-7-3-10(16-8(7)2)6-15-11-13-4-9(12)5-14-11/h3-5H,6,12H2,1-2H3,(H,13,14,15). The Morgan fingerprint density at radius 2 is 2.00 bits per heavy atom. The number of thiophene rings is 1. The highest BCUT2D eigenvalue weighted by atomic mass is 32.1. The number of aryl methyl sites for hydroxylation is 2. The van der Waals surface area contributed by atoms with Crippen LogP contribution in [-0.4, -0.2) is 9.97 Å². The van der Waals surface area contributed by atoms with E-state index in [1.807, 2.05) is 0 Å². The Bertz CT molecular complexity index is 456. The van der Waals surface area contributed by atoms with Crippen molar-refractivity contribution in [3.8, 4) is 0 Å². The first-order chi connectivity index (χ1) is 7.65. The van der Waals surface area contributed by atoms with Gasteiger partial charge in [0.1, 0.15) is 0 Å². The predicted octanol–water partition coefficient (Wildman–Crippen LogP) is 2.35. The first-order valence-electron chi connectivity index (χ1n) is 5.02. The van der Waals surface area contributed by atoms with Crippen LogP contribution in [0.4, 0.5) is 11.6 Å². The number of hydrogen-bond acceptors (Lipinski definition) is 5. The Labute approximate surface area is 98.6 Å². The maximum atomic E-state index is 5.51. The molecule has 84 valence electrons. The lowest BCUT2D eigenvalue weighted by Crippen LogP contribution is -2.02. The van der Waals surface area contributed by atoms with Gasteiger partial charge in [-0.2, -0.15) is 0 Å². The maximum absolute atomic E-state index is 5.51. The average molecular weight is 234 g/mol. The molecule has 2 heterocycles. The van der Waals surface area contributed by atoms with Crippen molar-refractivity contribution in [1.29, 1.82) is 0 Å². The lowest BCUT2D eigenvalue weighted by molar-refractivity contribution is 1.07. The normalized spacial score (nSPS) is 10.4. The monoisotopic (exact) mass is 234 g/mol. The molecule has 4 nitrogen and oxygen atoms in total. The van der Waals surface area contributed by atoms with Crippen molar-refractivity contribution in [2.24, 2.45) is 0 Å². The van der Waals surface area contributed by atoms with Gasteiger partial charge in [0.25, 0.3) is 0 Å². The van der Waals surface area contributed by atoms with Crippen molar-refractivity contribution in [2.75, 3.05) is 11.1 Å². The second-order valence-corrected chi connectivity index (χ2v) is 4.99. The summed E-state index contributed by atoms with van der Waals surface area (Å²) in [6.07, 6.45) is 3.19. The van der Waals surface area contributed by atoms with Crippen LogP contribution < -0.4 is 11.1 Å². The Balaban J connectivity index is 1.99. The van der Waals surface area contributed by atoms with E-state index in [0.717, 1.165) is 6.54 Å². The number of nitrogens with zero attached hydrogens (tertiary/aromatic N) is 2. The number of rotatable bonds is 3. The van der Waals surface area contributed by atoms with E-state index < -0.39 is 0 Å². The predicted molar refractivity (Wildman–Crippen MR) is 67.6 cm³/mol. The number of aromatic nitrogens is 2. The molecule has 2 aromatic heterocycles. The minimum Gasteiger partial charge on any atom is -0.396 e. The summed E-state index contributed by atoms with van der Waals surface area (Å²) in [5.41, 5.74) is 7.42. The van der Waals surface area contributed by atoms with Gasteiger partial charge in [-0.15, -0.1) is 11.3 Å². The molecule has 16 heavy (non-hydrogen) atoms. The SMILES string of the molecule is Cc1cc(CNc2ncc(N)cn2)sc1C. The van der Waals surface area contributed by atoms with Gasteiger partial charge >= 0.3 is 0 Å². The molecular weight excluding hydrogens is 220 g/mol. The molecule has 0 atom stereocenters. The first kappa shape index (κ1) is 10.9. The number of hydrogen-bond donors (Lipinski definition) is 2. The van der Waals surface area contributed by atoms with Gasteiger partial charge in [-0.05, 0) is 25.5 Å². The Morgan fingerprint density at radius 3 is 2.56 bits per heavy atom. The highest BCUT2D eigenvalue weighted by Gasteiger charge is 2.02. The van der Waals surface area contributed by atoms with Gasteiger partial charge in [-0.25, -0.2) is 9.97 Å². The molecule has 0 fully saturated rings. The molecule has 0 spiro atoms. The number of nitrogens with one attached hydrogen (secondary N) is 1. The molecule has 0 aliphatic rings. The third-order valence-corrected chi connectivity index (χ3v) is 3.46. The van der Waals surface area contributed by atoms with Crippen molar-refractivity contribution in [2.45, 2.75) is 20.4 Å². The van der Waals surface area contributed by atoms with Crippen LogP contribution in [-0.2, 0) is 6.54 Å². The molecule has 0 saturated heterocycles. The lowest BCUT2D eigenvalue weighted by atomic mass is 10.3. The van der Waals surface area contributed by atoms with E-state index in [1.165, 1.54) is 15.3 Å². The van der Waals surface area contributed by atoms with Crippen molar-refractivity contribution in [1.82, 2.24) is 9.97 Å². The third-order valence-electron chi connectivity index (χ3n) is 2.31.